The van der Waals surface area contributed by atoms with Crippen molar-refractivity contribution in [2.45, 2.75) is 19.3 Å². The summed E-state index contributed by atoms with van der Waals surface area (Å²) in [5, 5.41) is 12.6. The summed E-state index contributed by atoms with van der Waals surface area (Å²) in [7, 11) is 0. The molecule has 0 spiro atoms. The van der Waals surface area contributed by atoms with E-state index in [1.807, 2.05) is 18.2 Å². The van der Waals surface area contributed by atoms with Gasteiger partial charge in [0.2, 0.25) is 5.91 Å². The number of carbonyl (C=O) groups is 1. The maximum Gasteiger partial charge on any atom is 0.230 e. The van der Waals surface area contributed by atoms with Gasteiger partial charge in [0.1, 0.15) is 17.3 Å². The summed E-state index contributed by atoms with van der Waals surface area (Å²) >= 11 is 0. The van der Waals surface area contributed by atoms with E-state index in [9.17, 15) is 14.3 Å². The molecule has 0 atom stereocenters. The van der Waals surface area contributed by atoms with Gasteiger partial charge in [-0.3, -0.25) is 4.79 Å². The average Bonchev–Trinajstić information content (AvgIpc) is 2.80. The Hall–Kier alpha value is -4.06. The van der Waals surface area contributed by atoms with Crippen molar-refractivity contribution in [2.24, 2.45) is 0 Å². The van der Waals surface area contributed by atoms with Gasteiger partial charge in [0.25, 0.3) is 0 Å². The van der Waals surface area contributed by atoms with Crippen molar-refractivity contribution < 1.29 is 14.3 Å². The molecule has 5 rings (SSSR count). The first-order valence-electron chi connectivity index (χ1n) is 10.4. The second-order valence-electron chi connectivity index (χ2n) is 7.77. The van der Waals surface area contributed by atoms with Gasteiger partial charge in [-0.1, -0.05) is 36.4 Å². The van der Waals surface area contributed by atoms with Crippen LogP contribution in [0.1, 0.15) is 16.8 Å². The summed E-state index contributed by atoms with van der Waals surface area (Å²) in [6.45, 7) is 0. The first kappa shape index (κ1) is 19.9. The van der Waals surface area contributed by atoms with E-state index >= 15 is 0 Å². The van der Waals surface area contributed by atoms with Crippen LogP contribution >= 0.6 is 0 Å². The van der Waals surface area contributed by atoms with E-state index in [2.05, 4.69) is 11.4 Å². The fraction of sp³-hybridized carbons (Fsp3) is 0.115. The zero-order chi connectivity index (χ0) is 22.1. The highest BCUT2D eigenvalue weighted by Crippen LogP contribution is 2.35. The fourth-order valence-corrected chi connectivity index (χ4v) is 3.95. The van der Waals surface area contributed by atoms with E-state index < -0.39 is 0 Å². The van der Waals surface area contributed by atoms with Gasteiger partial charge in [0.05, 0.1) is 17.8 Å². The molecule has 0 radical (unpaired) electrons. The third-order valence-corrected chi connectivity index (χ3v) is 5.55. The molecule has 0 fully saturated rings. The maximum atomic E-state index is 13.2. The minimum absolute atomic E-state index is 0.0941. The van der Waals surface area contributed by atoms with E-state index in [-0.39, 0.29) is 23.9 Å². The molecule has 2 N–H and O–H groups in total. The molecule has 0 saturated carbocycles. The molecule has 32 heavy (non-hydrogen) atoms. The van der Waals surface area contributed by atoms with Crippen molar-refractivity contribution in [1.82, 2.24) is 9.97 Å². The molecule has 0 bridgehead atoms. The number of halogens is 1. The Morgan fingerprint density at radius 3 is 2.44 bits per heavy atom. The number of phenolic OH excluding ortho intramolecular Hbond substituents is 1. The molecule has 1 aliphatic carbocycles. The Bertz CT molecular complexity index is 1300. The van der Waals surface area contributed by atoms with Gasteiger partial charge in [-0.2, -0.15) is 0 Å². The highest BCUT2D eigenvalue weighted by Gasteiger charge is 2.23. The Kier molecular flexibility index (Phi) is 5.11. The summed E-state index contributed by atoms with van der Waals surface area (Å²) in [5.74, 6) is -0.0838. The Morgan fingerprint density at radius 1 is 0.906 bits per heavy atom. The smallest absolute Gasteiger partial charge is 0.230 e. The number of hydrogen-bond donors (Lipinski definition) is 2. The van der Waals surface area contributed by atoms with Crippen molar-refractivity contribution >= 4 is 11.7 Å². The van der Waals surface area contributed by atoms with Gasteiger partial charge in [0, 0.05) is 11.1 Å². The normalized spacial score (nSPS) is 12.0. The standard InChI is InChI=1S/C26H20FN3O2/c27-19-10-5-16(6-11-19)15-23(32)29-26-24(18-7-12-20(31)13-8-18)30-25-21-4-2-1-3-17(21)9-14-22(25)28-26/h1-8,10-13,31H,9,14-15H2,(H,28,29,32). The van der Waals surface area contributed by atoms with E-state index in [1.54, 1.807) is 36.4 Å². The number of aryl methyl sites for hydroxylation is 2. The van der Waals surface area contributed by atoms with Crippen molar-refractivity contribution in [3.8, 4) is 28.3 Å². The number of anilines is 1. The van der Waals surface area contributed by atoms with Crippen LogP contribution in [-0.2, 0) is 24.1 Å². The minimum Gasteiger partial charge on any atom is -0.508 e. The molecule has 0 aliphatic heterocycles. The van der Waals surface area contributed by atoms with E-state index in [4.69, 9.17) is 9.97 Å². The minimum atomic E-state index is -0.343. The number of phenols is 1. The Labute approximate surface area is 184 Å². The van der Waals surface area contributed by atoms with Gasteiger partial charge >= 0.3 is 0 Å². The second kappa shape index (κ2) is 8.23. The lowest BCUT2D eigenvalue weighted by Gasteiger charge is -2.21. The average molecular weight is 425 g/mol. The van der Waals surface area contributed by atoms with Gasteiger partial charge in [-0.15, -0.1) is 0 Å². The lowest BCUT2D eigenvalue weighted by Crippen LogP contribution is -2.18. The van der Waals surface area contributed by atoms with Crippen LogP contribution in [0.25, 0.3) is 22.5 Å². The summed E-state index contributed by atoms with van der Waals surface area (Å²) in [6.07, 6.45) is 1.69. The molecule has 4 aromatic rings. The van der Waals surface area contributed by atoms with Gasteiger partial charge in [-0.05, 0) is 60.4 Å². The summed E-state index contributed by atoms with van der Waals surface area (Å²) < 4.78 is 13.2. The number of carbonyl (C=O) groups excluding carboxylic acids is 1. The van der Waals surface area contributed by atoms with Crippen molar-refractivity contribution in [1.29, 1.82) is 0 Å². The Morgan fingerprint density at radius 2 is 1.66 bits per heavy atom. The Balaban J connectivity index is 1.54. The van der Waals surface area contributed by atoms with Gasteiger partial charge in [0.15, 0.2) is 5.82 Å². The van der Waals surface area contributed by atoms with Gasteiger partial charge < -0.3 is 10.4 Å². The monoisotopic (exact) mass is 425 g/mol. The molecule has 1 amide bonds. The van der Waals surface area contributed by atoms with Crippen LogP contribution in [0.5, 0.6) is 5.75 Å². The second-order valence-corrected chi connectivity index (χ2v) is 7.77. The number of benzene rings is 3. The molecule has 0 saturated heterocycles. The van der Waals surface area contributed by atoms with E-state index in [1.165, 1.54) is 17.7 Å². The van der Waals surface area contributed by atoms with Crippen LogP contribution in [-0.4, -0.2) is 21.0 Å². The third-order valence-electron chi connectivity index (χ3n) is 5.55. The molecular formula is C26H20FN3O2. The van der Waals surface area contributed by atoms with E-state index in [0.29, 0.717) is 17.1 Å². The molecule has 1 aromatic heterocycles. The first-order valence-corrected chi connectivity index (χ1v) is 10.4. The molecule has 5 nitrogen and oxygen atoms in total. The number of amides is 1. The first-order chi connectivity index (χ1) is 15.6. The van der Waals surface area contributed by atoms with Crippen LogP contribution in [0.4, 0.5) is 10.2 Å². The van der Waals surface area contributed by atoms with Gasteiger partial charge in [-0.25, -0.2) is 14.4 Å². The number of aromatic hydroxyl groups is 1. The number of nitrogens with one attached hydrogen (secondary N) is 1. The quantitative estimate of drug-likeness (QED) is 0.486. The SMILES string of the molecule is O=C(Cc1ccc(F)cc1)Nc1nc2c(nc1-c1ccc(O)cc1)-c1ccccc1CC2. The van der Waals surface area contributed by atoms with Crippen LogP contribution in [0, 0.1) is 5.82 Å². The lowest BCUT2D eigenvalue weighted by atomic mass is 9.91. The molecule has 158 valence electrons. The van der Waals surface area contributed by atoms with Crippen LogP contribution in [0.2, 0.25) is 0 Å². The van der Waals surface area contributed by atoms with Crippen LogP contribution < -0.4 is 5.32 Å². The highest BCUT2D eigenvalue weighted by molar-refractivity contribution is 5.95. The molecule has 6 heteroatoms. The summed E-state index contributed by atoms with van der Waals surface area (Å²) in [5.41, 5.74) is 5.89. The van der Waals surface area contributed by atoms with Crippen molar-refractivity contribution in [3.05, 3.63) is 95.4 Å². The molecule has 1 heterocycles. The summed E-state index contributed by atoms with van der Waals surface area (Å²) in [4.78, 5) is 22.5. The fourth-order valence-electron chi connectivity index (χ4n) is 3.95. The van der Waals surface area contributed by atoms with Crippen molar-refractivity contribution in [2.75, 3.05) is 5.32 Å². The summed E-state index contributed by atoms with van der Waals surface area (Å²) in [6, 6.07) is 20.6. The number of fused-ring (bicyclic) bond motifs is 3. The molecule has 3 aromatic carbocycles. The molecular weight excluding hydrogens is 405 g/mol. The number of rotatable bonds is 4. The predicted molar refractivity (Wildman–Crippen MR) is 121 cm³/mol. The zero-order valence-corrected chi connectivity index (χ0v) is 17.2. The maximum absolute atomic E-state index is 13.2. The lowest BCUT2D eigenvalue weighted by molar-refractivity contribution is -0.115. The van der Waals surface area contributed by atoms with E-state index in [0.717, 1.165) is 35.4 Å². The number of nitrogens with zero attached hydrogens (tertiary/aromatic N) is 2. The third kappa shape index (κ3) is 3.95. The predicted octanol–water partition coefficient (Wildman–Crippen LogP) is 4.94. The molecule has 1 aliphatic rings. The van der Waals surface area contributed by atoms with Crippen LogP contribution in [0.3, 0.4) is 0 Å². The highest BCUT2D eigenvalue weighted by atomic mass is 19.1. The topological polar surface area (TPSA) is 75.1 Å². The largest absolute Gasteiger partial charge is 0.508 e. The number of aromatic nitrogens is 2. The van der Waals surface area contributed by atoms with Crippen LogP contribution in [0.15, 0.2) is 72.8 Å². The zero-order valence-electron chi connectivity index (χ0n) is 17.2. The molecule has 0 unspecified atom stereocenters. The number of hydrogen-bond acceptors (Lipinski definition) is 4. The van der Waals surface area contributed by atoms with Crippen molar-refractivity contribution in [3.63, 3.8) is 0 Å².